The SMILES string of the molecule is CC1C=CC2=C(CC[C@@H](O)N2)C1O. The molecular weight excluding hydrogens is 166 g/mol. The minimum absolute atomic E-state index is 0.191. The molecule has 0 aromatic rings. The molecule has 0 aromatic carbocycles. The number of hydrogen-bond acceptors (Lipinski definition) is 3. The fourth-order valence-electron chi connectivity index (χ4n) is 1.90. The maximum atomic E-state index is 9.83. The van der Waals surface area contributed by atoms with Gasteiger partial charge in [0.05, 0.1) is 6.10 Å². The van der Waals surface area contributed by atoms with E-state index >= 15 is 0 Å². The van der Waals surface area contributed by atoms with E-state index in [2.05, 4.69) is 5.32 Å². The van der Waals surface area contributed by atoms with Gasteiger partial charge in [0.25, 0.3) is 0 Å². The lowest BCUT2D eigenvalue weighted by molar-refractivity contribution is 0.113. The third-order valence-electron chi connectivity index (χ3n) is 2.78. The molecule has 0 saturated heterocycles. The average molecular weight is 181 g/mol. The highest BCUT2D eigenvalue weighted by atomic mass is 16.3. The molecule has 1 aliphatic heterocycles. The van der Waals surface area contributed by atoms with Gasteiger partial charge >= 0.3 is 0 Å². The third kappa shape index (κ3) is 1.49. The fourth-order valence-corrected chi connectivity index (χ4v) is 1.90. The van der Waals surface area contributed by atoms with Gasteiger partial charge in [-0.05, 0) is 24.5 Å². The third-order valence-corrected chi connectivity index (χ3v) is 2.78. The summed E-state index contributed by atoms with van der Waals surface area (Å²) in [7, 11) is 0. The maximum Gasteiger partial charge on any atom is 0.124 e. The Bertz CT molecular complexity index is 270. The van der Waals surface area contributed by atoms with Crippen molar-refractivity contribution >= 4 is 0 Å². The lowest BCUT2D eigenvalue weighted by Gasteiger charge is -2.32. The monoisotopic (exact) mass is 181 g/mol. The lowest BCUT2D eigenvalue weighted by Crippen LogP contribution is -2.37. The smallest absolute Gasteiger partial charge is 0.124 e. The molecule has 0 fully saturated rings. The molecule has 0 aromatic heterocycles. The van der Waals surface area contributed by atoms with Crippen LogP contribution in [0, 0.1) is 5.92 Å². The summed E-state index contributed by atoms with van der Waals surface area (Å²) in [5, 5.41) is 22.1. The van der Waals surface area contributed by atoms with E-state index in [9.17, 15) is 10.2 Å². The summed E-state index contributed by atoms with van der Waals surface area (Å²) in [6, 6.07) is 0. The van der Waals surface area contributed by atoms with Gasteiger partial charge in [-0.2, -0.15) is 0 Å². The van der Waals surface area contributed by atoms with Gasteiger partial charge in [0.15, 0.2) is 0 Å². The Morgan fingerprint density at radius 3 is 3.00 bits per heavy atom. The Morgan fingerprint density at radius 1 is 1.46 bits per heavy atom. The highest BCUT2D eigenvalue weighted by Crippen LogP contribution is 2.29. The number of rotatable bonds is 0. The second-order valence-corrected chi connectivity index (χ2v) is 3.80. The van der Waals surface area contributed by atoms with Crippen molar-refractivity contribution in [2.24, 2.45) is 5.92 Å². The van der Waals surface area contributed by atoms with Crippen molar-refractivity contribution in [3.8, 4) is 0 Å². The van der Waals surface area contributed by atoms with E-state index in [-0.39, 0.29) is 12.0 Å². The second-order valence-electron chi connectivity index (χ2n) is 3.80. The van der Waals surface area contributed by atoms with Crippen LogP contribution in [0.1, 0.15) is 19.8 Å². The summed E-state index contributed by atoms with van der Waals surface area (Å²) >= 11 is 0. The van der Waals surface area contributed by atoms with Gasteiger partial charge < -0.3 is 15.5 Å². The van der Waals surface area contributed by atoms with Crippen LogP contribution in [0.2, 0.25) is 0 Å². The van der Waals surface area contributed by atoms with Crippen molar-refractivity contribution in [1.82, 2.24) is 5.32 Å². The quantitative estimate of drug-likeness (QED) is 0.510. The Balaban J connectivity index is 2.26. The first-order valence-electron chi connectivity index (χ1n) is 4.72. The molecule has 3 atom stereocenters. The Morgan fingerprint density at radius 2 is 2.23 bits per heavy atom. The molecule has 3 nitrogen and oxygen atoms in total. The molecule has 0 saturated carbocycles. The van der Waals surface area contributed by atoms with Crippen molar-refractivity contribution in [3.63, 3.8) is 0 Å². The zero-order valence-electron chi connectivity index (χ0n) is 7.70. The van der Waals surface area contributed by atoms with Crippen LogP contribution in [0.5, 0.6) is 0 Å². The first kappa shape index (κ1) is 8.78. The van der Waals surface area contributed by atoms with Gasteiger partial charge in [0.1, 0.15) is 6.23 Å². The standard InChI is InChI=1S/C10H15NO2/c1-6-2-4-8-7(10(6)13)3-5-9(12)11-8/h2,4,6,9-13H,3,5H2,1H3/t6?,9-,10?/m1/s1. The lowest BCUT2D eigenvalue weighted by atomic mass is 9.86. The van der Waals surface area contributed by atoms with E-state index in [0.29, 0.717) is 6.42 Å². The van der Waals surface area contributed by atoms with Gasteiger partial charge in [0.2, 0.25) is 0 Å². The Labute approximate surface area is 77.8 Å². The van der Waals surface area contributed by atoms with Crippen molar-refractivity contribution in [1.29, 1.82) is 0 Å². The number of allylic oxidation sites excluding steroid dienone is 1. The molecule has 3 heteroatoms. The van der Waals surface area contributed by atoms with E-state index in [1.54, 1.807) is 0 Å². The van der Waals surface area contributed by atoms with E-state index < -0.39 is 6.23 Å². The normalized spacial score (nSPS) is 38.5. The maximum absolute atomic E-state index is 9.83. The van der Waals surface area contributed by atoms with Gasteiger partial charge in [-0.3, -0.25) is 0 Å². The summed E-state index contributed by atoms with van der Waals surface area (Å²) in [5.41, 5.74) is 1.95. The van der Waals surface area contributed by atoms with Crippen LogP contribution in [0.25, 0.3) is 0 Å². The highest BCUT2D eigenvalue weighted by molar-refractivity contribution is 5.34. The summed E-state index contributed by atoms with van der Waals surface area (Å²) in [6.45, 7) is 2.00. The molecule has 0 amide bonds. The first-order chi connectivity index (χ1) is 6.18. The second kappa shape index (κ2) is 3.16. The molecule has 1 heterocycles. The molecule has 2 aliphatic rings. The van der Waals surface area contributed by atoms with Crippen LogP contribution in [0.3, 0.4) is 0 Å². The van der Waals surface area contributed by atoms with Crippen LogP contribution in [-0.4, -0.2) is 22.5 Å². The minimum atomic E-state index is -0.455. The van der Waals surface area contributed by atoms with Crippen LogP contribution in [0.15, 0.2) is 23.4 Å². The summed E-state index contributed by atoms with van der Waals surface area (Å²) in [6.07, 6.45) is 4.57. The number of hydrogen-bond donors (Lipinski definition) is 3. The van der Waals surface area contributed by atoms with E-state index in [4.69, 9.17) is 0 Å². The van der Waals surface area contributed by atoms with Crippen LogP contribution < -0.4 is 5.32 Å². The number of nitrogens with one attached hydrogen (secondary N) is 1. The molecular formula is C10H15NO2. The van der Waals surface area contributed by atoms with Crippen molar-refractivity contribution in [2.75, 3.05) is 0 Å². The topological polar surface area (TPSA) is 52.5 Å². The van der Waals surface area contributed by atoms with Crippen molar-refractivity contribution < 1.29 is 10.2 Å². The van der Waals surface area contributed by atoms with Gasteiger partial charge in [-0.25, -0.2) is 0 Å². The largest absolute Gasteiger partial charge is 0.388 e. The predicted molar refractivity (Wildman–Crippen MR) is 49.7 cm³/mol. The molecule has 1 aliphatic carbocycles. The Kier molecular flexibility index (Phi) is 2.14. The van der Waals surface area contributed by atoms with Crippen LogP contribution in [-0.2, 0) is 0 Å². The van der Waals surface area contributed by atoms with E-state index in [1.165, 1.54) is 0 Å². The fraction of sp³-hybridized carbons (Fsp3) is 0.600. The molecule has 0 spiro atoms. The molecule has 72 valence electrons. The average Bonchev–Trinajstić information content (AvgIpc) is 2.12. The highest BCUT2D eigenvalue weighted by Gasteiger charge is 2.27. The zero-order valence-corrected chi connectivity index (χ0v) is 7.70. The minimum Gasteiger partial charge on any atom is -0.388 e. The summed E-state index contributed by atoms with van der Waals surface area (Å²) in [5.74, 6) is 0.191. The van der Waals surface area contributed by atoms with E-state index in [0.717, 1.165) is 17.7 Å². The number of aliphatic hydroxyl groups is 2. The van der Waals surface area contributed by atoms with Gasteiger partial charge in [0, 0.05) is 11.6 Å². The van der Waals surface area contributed by atoms with Gasteiger partial charge in [-0.1, -0.05) is 13.0 Å². The molecule has 2 unspecified atom stereocenters. The summed E-state index contributed by atoms with van der Waals surface area (Å²) < 4.78 is 0. The summed E-state index contributed by atoms with van der Waals surface area (Å²) in [4.78, 5) is 0. The first-order valence-corrected chi connectivity index (χ1v) is 4.72. The number of aliphatic hydroxyl groups excluding tert-OH is 2. The molecule has 0 radical (unpaired) electrons. The Hall–Kier alpha value is -0.800. The molecule has 3 N–H and O–H groups in total. The van der Waals surface area contributed by atoms with Crippen LogP contribution >= 0.6 is 0 Å². The molecule has 2 rings (SSSR count). The zero-order chi connectivity index (χ0) is 9.42. The molecule has 0 bridgehead atoms. The van der Waals surface area contributed by atoms with Crippen molar-refractivity contribution in [3.05, 3.63) is 23.4 Å². The van der Waals surface area contributed by atoms with Crippen LogP contribution in [0.4, 0.5) is 0 Å². The molecule has 13 heavy (non-hydrogen) atoms. The van der Waals surface area contributed by atoms with Gasteiger partial charge in [-0.15, -0.1) is 0 Å². The van der Waals surface area contributed by atoms with Crippen molar-refractivity contribution in [2.45, 2.75) is 32.1 Å². The van der Waals surface area contributed by atoms with E-state index in [1.807, 2.05) is 19.1 Å². The predicted octanol–water partition coefficient (Wildman–Crippen LogP) is 0.509.